The zero-order valence-electron chi connectivity index (χ0n) is 9.62. The molecular weight excluding hydrogens is 346 g/mol. The fourth-order valence-electron chi connectivity index (χ4n) is 1.28. The number of urea groups is 1. The standard InChI is InChI=1S/C11H6Cl4N4O/c12-6-2-1-5(3-7(6)13)16-11(20)19-10-17-8(14)4-9(15)18-10/h1-4H,(H2,16,17,18,19,20). The molecule has 0 aliphatic heterocycles. The fourth-order valence-corrected chi connectivity index (χ4v) is 2.00. The highest BCUT2D eigenvalue weighted by Crippen LogP contribution is 2.25. The molecule has 104 valence electrons. The molecule has 0 bridgehead atoms. The van der Waals surface area contributed by atoms with Gasteiger partial charge >= 0.3 is 6.03 Å². The maximum atomic E-state index is 11.7. The van der Waals surface area contributed by atoms with Gasteiger partial charge in [0.15, 0.2) is 0 Å². The molecule has 0 spiro atoms. The number of amides is 2. The van der Waals surface area contributed by atoms with Crippen molar-refractivity contribution in [2.24, 2.45) is 0 Å². The molecule has 5 nitrogen and oxygen atoms in total. The van der Waals surface area contributed by atoms with Gasteiger partial charge in [-0.25, -0.2) is 14.8 Å². The first-order chi connectivity index (χ1) is 9.44. The number of aromatic nitrogens is 2. The quantitative estimate of drug-likeness (QED) is 0.768. The summed E-state index contributed by atoms with van der Waals surface area (Å²) in [4.78, 5) is 19.3. The second kappa shape index (κ2) is 6.45. The van der Waals surface area contributed by atoms with Crippen LogP contribution in [-0.2, 0) is 0 Å². The molecule has 20 heavy (non-hydrogen) atoms. The fraction of sp³-hybridized carbons (Fsp3) is 0. The number of anilines is 2. The van der Waals surface area contributed by atoms with Crippen LogP contribution in [0.1, 0.15) is 0 Å². The minimum atomic E-state index is -0.568. The third-order valence-electron chi connectivity index (χ3n) is 2.07. The lowest BCUT2D eigenvalue weighted by atomic mass is 10.3. The van der Waals surface area contributed by atoms with Crippen LogP contribution >= 0.6 is 46.4 Å². The summed E-state index contributed by atoms with van der Waals surface area (Å²) in [7, 11) is 0. The predicted octanol–water partition coefficient (Wildman–Crippen LogP) is 4.73. The predicted molar refractivity (Wildman–Crippen MR) is 81.2 cm³/mol. The second-order valence-corrected chi connectivity index (χ2v) is 5.13. The molecule has 9 heteroatoms. The molecule has 0 saturated heterocycles. The van der Waals surface area contributed by atoms with Crippen LogP contribution < -0.4 is 10.6 Å². The highest BCUT2D eigenvalue weighted by atomic mass is 35.5. The van der Waals surface area contributed by atoms with Gasteiger partial charge in [-0.3, -0.25) is 5.32 Å². The number of hydrogen-bond acceptors (Lipinski definition) is 3. The van der Waals surface area contributed by atoms with Crippen LogP contribution in [0.25, 0.3) is 0 Å². The molecule has 0 atom stereocenters. The van der Waals surface area contributed by atoms with Gasteiger partial charge < -0.3 is 5.32 Å². The number of carbonyl (C=O) groups excluding carboxylic acids is 1. The Hall–Kier alpha value is -1.27. The van der Waals surface area contributed by atoms with Crippen molar-refractivity contribution in [1.29, 1.82) is 0 Å². The van der Waals surface area contributed by atoms with E-state index in [1.165, 1.54) is 12.1 Å². The van der Waals surface area contributed by atoms with Gasteiger partial charge in [-0.15, -0.1) is 0 Å². The van der Waals surface area contributed by atoms with E-state index < -0.39 is 6.03 Å². The van der Waals surface area contributed by atoms with Gasteiger partial charge in [0.2, 0.25) is 5.95 Å². The van der Waals surface area contributed by atoms with Crippen molar-refractivity contribution >= 4 is 64.1 Å². The average molecular weight is 352 g/mol. The van der Waals surface area contributed by atoms with Crippen LogP contribution in [0.3, 0.4) is 0 Å². The molecule has 2 amide bonds. The molecule has 0 fully saturated rings. The summed E-state index contributed by atoms with van der Waals surface area (Å²) >= 11 is 23.0. The summed E-state index contributed by atoms with van der Waals surface area (Å²) in [5.74, 6) is -0.0138. The molecule has 1 heterocycles. The summed E-state index contributed by atoms with van der Waals surface area (Å²) < 4.78 is 0. The largest absolute Gasteiger partial charge is 0.326 e. The maximum Gasteiger partial charge on any atom is 0.326 e. The van der Waals surface area contributed by atoms with Crippen molar-refractivity contribution in [3.05, 3.63) is 44.6 Å². The molecule has 1 aromatic heterocycles. The molecule has 0 aliphatic carbocycles. The van der Waals surface area contributed by atoms with E-state index in [9.17, 15) is 4.79 Å². The molecule has 2 rings (SSSR count). The molecule has 2 aromatic rings. The summed E-state index contributed by atoms with van der Waals surface area (Å²) in [6.07, 6.45) is 0. The number of benzene rings is 1. The smallest absolute Gasteiger partial charge is 0.308 e. The van der Waals surface area contributed by atoms with Crippen LogP contribution in [0, 0.1) is 0 Å². The normalized spacial score (nSPS) is 10.2. The van der Waals surface area contributed by atoms with E-state index in [0.717, 1.165) is 0 Å². The SMILES string of the molecule is O=C(Nc1ccc(Cl)c(Cl)c1)Nc1nc(Cl)cc(Cl)n1. The molecule has 0 saturated carbocycles. The molecule has 0 radical (unpaired) electrons. The van der Waals surface area contributed by atoms with Gasteiger partial charge in [0.1, 0.15) is 10.3 Å². The Morgan fingerprint density at radius 2 is 1.55 bits per heavy atom. The van der Waals surface area contributed by atoms with Crippen molar-refractivity contribution in [2.45, 2.75) is 0 Å². The monoisotopic (exact) mass is 350 g/mol. The Morgan fingerprint density at radius 3 is 2.15 bits per heavy atom. The van der Waals surface area contributed by atoms with Crippen molar-refractivity contribution in [3.8, 4) is 0 Å². The number of rotatable bonds is 2. The summed E-state index contributed by atoms with van der Waals surface area (Å²) in [5.41, 5.74) is 0.463. The maximum absolute atomic E-state index is 11.7. The molecule has 0 aliphatic rings. The summed E-state index contributed by atoms with van der Waals surface area (Å²) in [5, 5.41) is 5.88. The molecular formula is C11H6Cl4N4O. The Labute approximate surface area is 134 Å². The van der Waals surface area contributed by atoms with Gasteiger partial charge in [-0.05, 0) is 18.2 Å². The van der Waals surface area contributed by atoms with E-state index in [0.29, 0.717) is 15.7 Å². The minimum Gasteiger partial charge on any atom is -0.308 e. The molecule has 0 unspecified atom stereocenters. The van der Waals surface area contributed by atoms with Crippen LogP contribution in [0.2, 0.25) is 20.4 Å². The lowest BCUT2D eigenvalue weighted by Crippen LogP contribution is -2.20. The third-order valence-corrected chi connectivity index (χ3v) is 3.19. The Balaban J connectivity index is 2.06. The zero-order valence-corrected chi connectivity index (χ0v) is 12.6. The Bertz CT molecular complexity index is 645. The molecule has 1 aromatic carbocycles. The number of carbonyl (C=O) groups is 1. The van der Waals surface area contributed by atoms with E-state index in [1.807, 2.05) is 0 Å². The van der Waals surface area contributed by atoms with Crippen molar-refractivity contribution in [1.82, 2.24) is 9.97 Å². The lowest BCUT2D eigenvalue weighted by Gasteiger charge is -2.07. The topological polar surface area (TPSA) is 66.9 Å². The minimum absolute atomic E-state index is 0.0138. The average Bonchev–Trinajstić information content (AvgIpc) is 2.32. The first-order valence-electron chi connectivity index (χ1n) is 5.17. The summed E-state index contributed by atoms with van der Waals surface area (Å²) in [6, 6.07) is 5.45. The zero-order chi connectivity index (χ0) is 14.7. The van der Waals surface area contributed by atoms with E-state index in [-0.39, 0.29) is 16.3 Å². The number of halogens is 4. The molecule has 2 N–H and O–H groups in total. The van der Waals surface area contributed by atoms with Gasteiger partial charge in [0.05, 0.1) is 10.0 Å². The van der Waals surface area contributed by atoms with Gasteiger partial charge in [-0.2, -0.15) is 0 Å². The van der Waals surface area contributed by atoms with Crippen LogP contribution in [-0.4, -0.2) is 16.0 Å². The van der Waals surface area contributed by atoms with Crippen LogP contribution in [0.5, 0.6) is 0 Å². The van der Waals surface area contributed by atoms with Crippen molar-refractivity contribution in [3.63, 3.8) is 0 Å². The third kappa shape index (κ3) is 4.11. The first kappa shape index (κ1) is 15.1. The van der Waals surface area contributed by atoms with E-state index in [2.05, 4.69) is 20.6 Å². The second-order valence-electron chi connectivity index (χ2n) is 3.55. The van der Waals surface area contributed by atoms with Crippen molar-refractivity contribution < 1.29 is 4.79 Å². The number of nitrogens with one attached hydrogen (secondary N) is 2. The summed E-state index contributed by atoms with van der Waals surface area (Å²) in [6.45, 7) is 0. The lowest BCUT2D eigenvalue weighted by molar-refractivity contribution is 0.262. The van der Waals surface area contributed by atoms with E-state index in [1.54, 1.807) is 12.1 Å². The first-order valence-corrected chi connectivity index (χ1v) is 6.68. The number of hydrogen-bond donors (Lipinski definition) is 2. The van der Waals surface area contributed by atoms with Gasteiger partial charge in [0, 0.05) is 11.8 Å². The number of nitrogens with zero attached hydrogens (tertiary/aromatic N) is 2. The Morgan fingerprint density at radius 1 is 0.900 bits per heavy atom. The van der Waals surface area contributed by atoms with Crippen LogP contribution in [0.4, 0.5) is 16.4 Å². The van der Waals surface area contributed by atoms with E-state index in [4.69, 9.17) is 46.4 Å². The van der Waals surface area contributed by atoms with Gasteiger partial charge in [0.25, 0.3) is 0 Å². The van der Waals surface area contributed by atoms with Crippen molar-refractivity contribution in [2.75, 3.05) is 10.6 Å². The Kier molecular flexibility index (Phi) is 4.88. The van der Waals surface area contributed by atoms with Gasteiger partial charge in [-0.1, -0.05) is 46.4 Å². The van der Waals surface area contributed by atoms with E-state index >= 15 is 0 Å². The highest BCUT2D eigenvalue weighted by molar-refractivity contribution is 6.42. The van der Waals surface area contributed by atoms with Crippen LogP contribution in [0.15, 0.2) is 24.3 Å². The highest BCUT2D eigenvalue weighted by Gasteiger charge is 2.08.